The highest BCUT2D eigenvalue weighted by atomic mass is 16.7. The highest BCUT2D eigenvalue weighted by molar-refractivity contribution is 5.47. The van der Waals surface area contributed by atoms with Gasteiger partial charge in [-0.1, -0.05) is 0 Å². The number of hydrogen-bond acceptors (Lipinski definition) is 6. The van der Waals surface area contributed by atoms with Gasteiger partial charge in [0.15, 0.2) is 23.0 Å². The molecular formula is C19H18O6. The van der Waals surface area contributed by atoms with E-state index in [1.807, 2.05) is 49.4 Å². The summed E-state index contributed by atoms with van der Waals surface area (Å²) in [6.45, 7) is 3.44. The molecule has 2 aromatic carbocycles. The number of hydrogen-bond donors (Lipinski definition) is 0. The average Bonchev–Trinajstić information content (AvgIpc) is 3.28. The first kappa shape index (κ1) is 15.5. The Bertz CT molecular complexity index is 798. The van der Waals surface area contributed by atoms with Gasteiger partial charge in [-0.2, -0.15) is 0 Å². The Morgan fingerprint density at radius 2 is 1.40 bits per heavy atom. The maximum Gasteiger partial charge on any atom is 0.231 e. The predicted molar refractivity (Wildman–Crippen MR) is 89.9 cm³/mol. The summed E-state index contributed by atoms with van der Waals surface area (Å²) in [6, 6.07) is 11.1. The van der Waals surface area contributed by atoms with Crippen molar-refractivity contribution in [3.05, 3.63) is 48.0 Å². The van der Waals surface area contributed by atoms with Gasteiger partial charge in [-0.15, -0.1) is 0 Å². The van der Waals surface area contributed by atoms with E-state index in [1.54, 1.807) is 0 Å². The molecule has 0 atom stereocenters. The van der Waals surface area contributed by atoms with Crippen molar-refractivity contribution < 1.29 is 28.4 Å². The third kappa shape index (κ3) is 3.57. The summed E-state index contributed by atoms with van der Waals surface area (Å²) in [6.07, 6.45) is 1.98. The Hall–Kier alpha value is -3.02. The molecular weight excluding hydrogens is 324 g/mol. The molecule has 25 heavy (non-hydrogen) atoms. The molecule has 6 heteroatoms. The topological polar surface area (TPSA) is 55.4 Å². The molecule has 6 nitrogen and oxygen atoms in total. The van der Waals surface area contributed by atoms with Gasteiger partial charge in [0, 0.05) is 12.1 Å². The Morgan fingerprint density at radius 3 is 2.04 bits per heavy atom. The SMILES string of the molecule is CC(=CCOc1ccc2c(c1)OCO2)COc1ccc2c(c1)OCO2. The van der Waals surface area contributed by atoms with Gasteiger partial charge < -0.3 is 28.4 Å². The minimum atomic E-state index is 0.259. The normalized spacial score (nSPS) is 14.5. The molecule has 4 rings (SSSR count). The van der Waals surface area contributed by atoms with Crippen LogP contribution in [0.25, 0.3) is 0 Å². The molecule has 0 N–H and O–H groups in total. The van der Waals surface area contributed by atoms with Crippen LogP contribution >= 0.6 is 0 Å². The van der Waals surface area contributed by atoms with Crippen LogP contribution in [0.3, 0.4) is 0 Å². The zero-order valence-corrected chi connectivity index (χ0v) is 13.8. The molecule has 0 amide bonds. The van der Waals surface area contributed by atoms with E-state index < -0.39 is 0 Å². The molecule has 0 bridgehead atoms. The van der Waals surface area contributed by atoms with Crippen molar-refractivity contribution in [2.75, 3.05) is 26.8 Å². The minimum absolute atomic E-state index is 0.259. The van der Waals surface area contributed by atoms with Gasteiger partial charge in [0.2, 0.25) is 13.6 Å². The van der Waals surface area contributed by atoms with Crippen molar-refractivity contribution in [1.29, 1.82) is 0 Å². The van der Waals surface area contributed by atoms with Crippen LogP contribution in [0.5, 0.6) is 34.5 Å². The first-order chi connectivity index (χ1) is 12.3. The quantitative estimate of drug-likeness (QED) is 0.749. The van der Waals surface area contributed by atoms with Gasteiger partial charge in [0.25, 0.3) is 0 Å². The molecule has 0 fully saturated rings. The largest absolute Gasteiger partial charge is 0.489 e. The van der Waals surface area contributed by atoms with Gasteiger partial charge in [-0.05, 0) is 42.8 Å². The lowest BCUT2D eigenvalue weighted by molar-refractivity contribution is 0.173. The second kappa shape index (κ2) is 6.84. The molecule has 0 aromatic heterocycles. The maximum atomic E-state index is 5.76. The number of ether oxygens (including phenoxy) is 6. The Morgan fingerprint density at radius 1 is 0.840 bits per heavy atom. The summed E-state index contributed by atoms with van der Waals surface area (Å²) in [5.41, 5.74) is 1.07. The third-order valence-electron chi connectivity index (χ3n) is 3.84. The zero-order valence-electron chi connectivity index (χ0n) is 13.8. The summed E-state index contributed by atoms with van der Waals surface area (Å²) < 4.78 is 32.7. The Kier molecular flexibility index (Phi) is 4.24. The molecule has 0 saturated carbocycles. The maximum absolute atomic E-state index is 5.76. The monoisotopic (exact) mass is 342 g/mol. The van der Waals surface area contributed by atoms with Gasteiger partial charge in [-0.25, -0.2) is 0 Å². The lowest BCUT2D eigenvalue weighted by atomic mass is 10.3. The fourth-order valence-electron chi connectivity index (χ4n) is 2.47. The van der Waals surface area contributed by atoms with Crippen molar-refractivity contribution >= 4 is 0 Å². The Balaban J connectivity index is 1.27. The van der Waals surface area contributed by atoms with Crippen LogP contribution in [-0.2, 0) is 0 Å². The third-order valence-corrected chi connectivity index (χ3v) is 3.84. The fraction of sp³-hybridized carbons (Fsp3) is 0.263. The first-order valence-corrected chi connectivity index (χ1v) is 7.98. The van der Waals surface area contributed by atoms with E-state index in [2.05, 4.69) is 0 Å². The highest BCUT2D eigenvalue weighted by Crippen LogP contribution is 2.36. The number of rotatable bonds is 6. The molecule has 2 heterocycles. The zero-order chi connectivity index (χ0) is 17.1. The van der Waals surface area contributed by atoms with Crippen LogP contribution in [0.15, 0.2) is 48.0 Å². The van der Waals surface area contributed by atoms with Gasteiger partial charge in [0.05, 0.1) is 0 Å². The van der Waals surface area contributed by atoms with Gasteiger partial charge in [0.1, 0.15) is 24.7 Å². The van der Waals surface area contributed by atoms with Crippen LogP contribution < -0.4 is 28.4 Å². The summed E-state index contributed by atoms with van der Waals surface area (Å²) in [7, 11) is 0. The van der Waals surface area contributed by atoms with Crippen LogP contribution in [0, 0.1) is 0 Å². The number of benzene rings is 2. The van der Waals surface area contributed by atoms with E-state index in [-0.39, 0.29) is 13.6 Å². The smallest absolute Gasteiger partial charge is 0.231 e. The average molecular weight is 342 g/mol. The van der Waals surface area contributed by atoms with Crippen LogP contribution in [0.4, 0.5) is 0 Å². The molecule has 2 aliphatic rings. The van der Waals surface area contributed by atoms with E-state index in [9.17, 15) is 0 Å². The lowest BCUT2D eigenvalue weighted by Gasteiger charge is -2.08. The summed E-state index contributed by atoms with van der Waals surface area (Å²) in [5.74, 6) is 4.40. The van der Waals surface area contributed by atoms with Crippen molar-refractivity contribution in [3.63, 3.8) is 0 Å². The van der Waals surface area contributed by atoms with E-state index >= 15 is 0 Å². The molecule has 0 spiro atoms. The fourth-order valence-corrected chi connectivity index (χ4v) is 2.47. The van der Waals surface area contributed by atoms with Crippen LogP contribution in [-0.4, -0.2) is 26.8 Å². The van der Waals surface area contributed by atoms with E-state index in [0.29, 0.717) is 24.7 Å². The molecule has 0 aliphatic carbocycles. The molecule has 2 aliphatic heterocycles. The number of fused-ring (bicyclic) bond motifs is 2. The van der Waals surface area contributed by atoms with Crippen molar-refractivity contribution in [3.8, 4) is 34.5 Å². The van der Waals surface area contributed by atoms with Crippen LogP contribution in [0.2, 0.25) is 0 Å². The molecule has 0 unspecified atom stereocenters. The second-order valence-corrected chi connectivity index (χ2v) is 5.68. The second-order valence-electron chi connectivity index (χ2n) is 5.68. The van der Waals surface area contributed by atoms with E-state index in [1.165, 1.54) is 0 Å². The standard InChI is InChI=1S/C19H18O6/c1-13(10-21-15-3-5-17-19(9-15)25-12-23-17)6-7-20-14-2-4-16-18(8-14)24-11-22-16/h2-6,8-9H,7,10-12H2,1H3. The van der Waals surface area contributed by atoms with E-state index in [0.717, 1.165) is 28.6 Å². The first-order valence-electron chi connectivity index (χ1n) is 7.98. The van der Waals surface area contributed by atoms with Crippen molar-refractivity contribution in [1.82, 2.24) is 0 Å². The highest BCUT2D eigenvalue weighted by Gasteiger charge is 2.14. The van der Waals surface area contributed by atoms with Crippen molar-refractivity contribution in [2.24, 2.45) is 0 Å². The summed E-state index contributed by atoms with van der Waals surface area (Å²) >= 11 is 0. The summed E-state index contributed by atoms with van der Waals surface area (Å²) in [4.78, 5) is 0. The molecule has 0 radical (unpaired) electrons. The summed E-state index contributed by atoms with van der Waals surface area (Å²) in [5, 5.41) is 0. The van der Waals surface area contributed by atoms with Crippen LogP contribution in [0.1, 0.15) is 6.92 Å². The van der Waals surface area contributed by atoms with E-state index in [4.69, 9.17) is 28.4 Å². The molecule has 2 aromatic rings. The molecule has 0 saturated heterocycles. The predicted octanol–water partition coefficient (Wildman–Crippen LogP) is 3.55. The minimum Gasteiger partial charge on any atom is -0.489 e. The van der Waals surface area contributed by atoms with Gasteiger partial charge in [-0.3, -0.25) is 0 Å². The van der Waals surface area contributed by atoms with Crippen molar-refractivity contribution in [2.45, 2.75) is 6.92 Å². The Labute approximate surface area is 145 Å². The lowest BCUT2D eigenvalue weighted by Crippen LogP contribution is -2.01. The van der Waals surface area contributed by atoms with Gasteiger partial charge >= 0.3 is 0 Å². The molecule has 130 valence electrons.